The van der Waals surface area contributed by atoms with Crippen molar-refractivity contribution in [1.29, 1.82) is 0 Å². The molecule has 0 spiro atoms. The van der Waals surface area contributed by atoms with Crippen molar-refractivity contribution in [2.45, 2.75) is 12.8 Å². The van der Waals surface area contributed by atoms with E-state index in [4.69, 9.17) is 23.2 Å². The van der Waals surface area contributed by atoms with Crippen LogP contribution in [0.5, 0.6) is 0 Å². The molecule has 3 rings (SSSR count). The Labute approximate surface area is 182 Å². The van der Waals surface area contributed by atoms with E-state index in [1.54, 1.807) is 6.07 Å². The van der Waals surface area contributed by atoms with Crippen LogP contribution in [-0.4, -0.2) is 47.9 Å². The maximum atomic E-state index is 13.8. The number of halogens is 4. The van der Waals surface area contributed by atoms with Gasteiger partial charge >= 0.3 is 0 Å². The van der Waals surface area contributed by atoms with Crippen molar-refractivity contribution >= 4 is 40.8 Å². The largest absolute Gasteiger partial charge is 0.367 e. The number of hydrogen-bond donors (Lipinski definition) is 2. The number of piperidine rings is 1. The van der Waals surface area contributed by atoms with Crippen LogP contribution in [0, 0.1) is 17.6 Å². The SMILES string of the molecule is O=C(NCCNc1ncc(Cl)cc1Cl)C1CCN(C(=O)c2ccc(F)cc2F)CC1. The molecule has 10 heteroatoms. The Morgan fingerprint density at radius 2 is 1.87 bits per heavy atom. The normalized spacial score (nSPS) is 14.5. The minimum absolute atomic E-state index is 0.105. The Kier molecular flexibility index (Phi) is 7.44. The number of hydrogen-bond acceptors (Lipinski definition) is 4. The number of nitrogens with zero attached hydrogens (tertiary/aromatic N) is 2. The molecule has 0 unspecified atom stereocenters. The highest BCUT2D eigenvalue weighted by molar-refractivity contribution is 6.35. The van der Waals surface area contributed by atoms with Gasteiger partial charge in [-0.3, -0.25) is 9.59 Å². The van der Waals surface area contributed by atoms with Gasteiger partial charge in [-0.1, -0.05) is 23.2 Å². The molecule has 1 fully saturated rings. The fraction of sp³-hybridized carbons (Fsp3) is 0.350. The molecule has 2 amide bonds. The van der Waals surface area contributed by atoms with E-state index >= 15 is 0 Å². The van der Waals surface area contributed by atoms with Crippen molar-refractivity contribution in [3.8, 4) is 0 Å². The summed E-state index contributed by atoms with van der Waals surface area (Å²) in [5.74, 6) is -1.97. The summed E-state index contributed by atoms with van der Waals surface area (Å²) in [6.45, 7) is 1.47. The fourth-order valence-corrected chi connectivity index (χ4v) is 3.68. The van der Waals surface area contributed by atoms with Crippen LogP contribution in [0.1, 0.15) is 23.2 Å². The van der Waals surface area contributed by atoms with Gasteiger partial charge in [0.1, 0.15) is 17.5 Å². The van der Waals surface area contributed by atoms with Crippen LogP contribution >= 0.6 is 23.2 Å². The third-order valence-electron chi connectivity index (χ3n) is 4.84. The highest BCUT2D eigenvalue weighted by Gasteiger charge is 2.28. The number of carbonyl (C=O) groups excluding carboxylic acids is 2. The molecule has 0 radical (unpaired) electrons. The Hall–Kier alpha value is -2.45. The summed E-state index contributed by atoms with van der Waals surface area (Å²) >= 11 is 11.8. The van der Waals surface area contributed by atoms with Crippen LogP contribution in [-0.2, 0) is 4.79 Å². The number of aromatic nitrogens is 1. The third-order valence-corrected chi connectivity index (χ3v) is 5.33. The third kappa shape index (κ3) is 5.58. The molecule has 1 aliphatic heterocycles. The predicted octanol–water partition coefficient (Wildman–Crippen LogP) is 3.75. The summed E-state index contributed by atoms with van der Waals surface area (Å²) < 4.78 is 26.8. The number of rotatable bonds is 6. The zero-order chi connectivity index (χ0) is 21.7. The van der Waals surface area contributed by atoms with Crippen molar-refractivity contribution in [3.05, 3.63) is 57.7 Å². The first-order valence-electron chi connectivity index (χ1n) is 9.42. The summed E-state index contributed by atoms with van der Waals surface area (Å²) in [4.78, 5) is 30.3. The Bertz CT molecular complexity index is 937. The lowest BCUT2D eigenvalue weighted by Gasteiger charge is -2.31. The van der Waals surface area contributed by atoms with Gasteiger partial charge in [0.05, 0.1) is 15.6 Å². The van der Waals surface area contributed by atoms with E-state index in [0.29, 0.717) is 61.0 Å². The molecular formula is C20H20Cl2F2N4O2. The predicted molar refractivity (Wildman–Crippen MR) is 111 cm³/mol. The zero-order valence-corrected chi connectivity index (χ0v) is 17.4. The number of pyridine rings is 1. The van der Waals surface area contributed by atoms with Crippen molar-refractivity contribution in [1.82, 2.24) is 15.2 Å². The van der Waals surface area contributed by atoms with Gasteiger partial charge in [0.2, 0.25) is 5.91 Å². The second kappa shape index (κ2) is 10.0. The molecule has 0 atom stereocenters. The van der Waals surface area contributed by atoms with E-state index in [2.05, 4.69) is 15.6 Å². The minimum Gasteiger partial charge on any atom is -0.367 e. The number of anilines is 1. The highest BCUT2D eigenvalue weighted by atomic mass is 35.5. The topological polar surface area (TPSA) is 74.3 Å². The van der Waals surface area contributed by atoms with Gasteiger partial charge in [0, 0.05) is 44.4 Å². The number of nitrogens with one attached hydrogen (secondary N) is 2. The second-order valence-electron chi connectivity index (χ2n) is 6.89. The summed E-state index contributed by atoms with van der Waals surface area (Å²) in [6.07, 6.45) is 2.41. The van der Waals surface area contributed by atoms with Crippen molar-refractivity contribution in [2.75, 3.05) is 31.5 Å². The van der Waals surface area contributed by atoms with Crippen LogP contribution in [0.3, 0.4) is 0 Å². The molecule has 1 aromatic heterocycles. The van der Waals surface area contributed by atoms with E-state index < -0.39 is 17.5 Å². The first kappa shape index (κ1) is 22.2. The van der Waals surface area contributed by atoms with Gasteiger partial charge in [0.15, 0.2) is 0 Å². The maximum absolute atomic E-state index is 13.8. The van der Waals surface area contributed by atoms with Crippen molar-refractivity contribution in [3.63, 3.8) is 0 Å². The molecule has 1 aliphatic rings. The van der Waals surface area contributed by atoms with Crippen molar-refractivity contribution < 1.29 is 18.4 Å². The smallest absolute Gasteiger partial charge is 0.256 e. The van der Waals surface area contributed by atoms with E-state index in [0.717, 1.165) is 12.1 Å². The second-order valence-corrected chi connectivity index (χ2v) is 7.74. The molecule has 0 saturated carbocycles. The lowest BCUT2D eigenvalue weighted by molar-refractivity contribution is -0.126. The van der Waals surface area contributed by atoms with Crippen LogP contribution in [0.4, 0.5) is 14.6 Å². The maximum Gasteiger partial charge on any atom is 0.256 e. The Morgan fingerprint density at radius 1 is 1.13 bits per heavy atom. The number of likely N-dealkylation sites (tertiary alicyclic amines) is 1. The van der Waals surface area contributed by atoms with Crippen LogP contribution in [0.25, 0.3) is 0 Å². The van der Waals surface area contributed by atoms with Crippen molar-refractivity contribution in [2.24, 2.45) is 5.92 Å². The lowest BCUT2D eigenvalue weighted by atomic mass is 9.95. The average molecular weight is 457 g/mol. The molecule has 2 aromatic rings. The number of carbonyl (C=O) groups is 2. The monoisotopic (exact) mass is 456 g/mol. The first-order chi connectivity index (χ1) is 14.3. The molecule has 6 nitrogen and oxygen atoms in total. The molecule has 0 aliphatic carbocycles. The summed E-state index contributed by atoms with van der Waals surface area (Å²) in [5, 5.41) is 6.69. The Balaban J connectivity index is 1.42. The molecule has 1 aromatic carbocycles. The van der Waals surface area contributed by atoms with E-state index in [1.807, 2.05) is 0 Å². The average Bonchev–Trinajstić information content (AvgIpc) is 2.72. The molecule has 1 saturated heterocycles. The van der Waals surface area contributed by atoms with Gasteiger partial charge in [-0.2, -0.15) is 0 Å². The van der Waals surface area contributed by atoms with E-state index in [9.17, 15) is 18.4 Å². The molecule has 2 heterocycles. The summed E-state index contributed by atoms with van der Waals surface area (Å²) in [7, 11) is 0. The van der Waals surface area contributed by atoms with Crippen LogP contribution < -0.4 is 10.6 Å². The van der Waals surface area contributed by atoms with Gasteiger partial charge in [-0.15, -0.1) is 0 Å². The number of benzene rings is 1. The van der Waals surface area contributed by atoms with Crippen LogP contribution in [0.15, 0.2) is 30.5 Å². The van der Waals surface area contributed by atoms with E-state index in [-0.39, 0.29) is 17.4 Å². The molecule has 30 heavy (non-hydrogen) atoms. The lowest BCUT2D eigenvalue weighted by Crippen LogP contribution is -2.43. The molecule has 2 N–H and O–H groups in total. The minimum atomic E-state index is -0.886. The van der Waals surface area contributed by atoms with E-state index in [1.165, 1.54) is 11.1 Å². The fourth-order valence-electron chi connectivity index (χ4n) is 3.23. The van der Waals surface area contributed by atoms with Gasteiger partial charge < -0.3 is 15.5 Å². The molecule has 160 valence electrons. The molecular weight excluding hydrogens is 437 g/mol. The zero-order valence-electron chi connectivity index (χ0n) is 15.9. The highest BCUT2D eigenvalue weighted by Crippen LogP contribution is 2.22. The van der Waals surface area contributed by atoms with Crippen LogP contribution in [0.2, 0.25) is 10.0 Å². The molecule has 0 bridgehead atoms. The standard InChI is InChI=1S/C20H20Cl2F2N4O2/c21-13-9-16(22)18(27-11-13)25-5-6-26-19(29)12-3-7-28(8-4-12)20(30)15-2-1-14(23)10-17(15)24/h1-2,9-12H,3-8H2,(H,25,27)(H,26,29). The first-order valence-corrected chi connectivity index (χ1v) is 10.2. The quantitative estimate of drug-likeness (QED) is 0.649. The van der Waals surface area contributed by atoms with Gasteiger partial charge in [0.25, 0.3) is 5.91 Å². The van der Waals surface area contributed by atoms with Gasteiger partial charge in [-0.05, 0) is 31.0 Å². The van der Waals surface area contributed by atoms with Gasteiger partial charge in [-0.25, -0.2) is 13.8 Å². The summed E-state index contributed by atoms with van der Waals surface area (Å²) in [5.41, 5.74) is -0.167. The Morgan fingerprint density at radius 3 is 2.53 bits per heavy atom. The number of amides is 2. The summed E-state index contributed by atoms with van der Waals surface area (Å²) in [6, 6.07) is 4.45.